The molecule has 1 saturated carbocycles. The van der Waals surface area contributed by atoms with Crippen LogP contribution in [-0.2, 0) is 9.59 Å². The van der Waals surface area contributed by atoms with E-state index >= 15 is 0 Å². The topological polar surface area (TPSA) is 92.4 Å². The monoisotopic (exact) mass is 256 g/mol. The highest BCUT2D eigenvalue weighted by atomic mass is 16.4. The van der Waals surface area contributed by atoms with Crippen molar-refractivity contribution in [3.05, 3.63) is 0 Å². The summed E-state index contributed by atoms with van der Waals surface area (Å²) in [4.78, 5) is 22.7. The number of carboxylic acid groups (broad SMARTS) is 1. The number of amides is 1. The molecule has 0 spiro atoms. The lowest BCUT2D eigenvalue weighted by Gasteiger charge is -2.40. The minimum Gasteiger partial charge on any atom is -0.481 e. The van der Waals surface area contributed by atoms with Crippen LogP contribution in [0.25, 0.3) is 0 Å². The molecule has 1 unspecified atom stereocenters. The van der Waals surface area contributed by atoms with E-state index in [1.807, 2.05) is 6.92 Å². The average molecular weight is 256 g/mol. The Labute approximate surface area is 108 Å². The summed E-state index contributed by atoms with van der Waals surface area (Å²) in [5.41, 5.74) is 5.67. The maximum Gasteiger partial charge on any atom is 0.308 e. The van der Waals surface area contributed by atoms with Crippen molar-refractivity contribution in [2.24, 2.45) is 17.1 Å². The van der Waals surface area contributed by atoms with E-state index in [1.54, 1.807) is 0 Å². The van der Waals surface area contributed by atoms with E-state index in [-0.39, 0.29) is 17.9 Å². The Kier molecular flexibility index (Phi) is 5.59. The molecule has 4 N–H and O–H groups in total. The van der Waals surface area contributed by atoms with E-state index < -0.39 is 11.9 Å². The van der Waals surface area contributed by atoms with E-state index in [0.717, 1.165) is 25.7 Å². The Morgan fingerprint density at radius 1 is 1.44 bits per heavy atom. The van der Waals surface area contributed by atoms with Gasteiger partial charge in [0, 0.05) is 13.0 Å². The molecule has 1 rings (SSSR count). The number of carbonyl (C=O) groups is 2. The molecule has 1 atom stereocenters. The van der Waals surface area contributed by atoms with Crippen molar-refractivity contribution >= 4 is 11.9 Å². The number of nitrogens with two attached hydrogens (primary N) is 1. The Bertz CT molecular complexity index is 295. The summed E-state index contributed by atoms with van der Waals surface area (Å²) < 4.78 is 0. The summed E-state index contributed by atoms with van der Waals surface area (Å²) in [5.74, 6) is -1.38. The first-order valence-corrected chi connectivity index (χ1v) is 6.72. The molecule has 0 saturated heterocycles. The fraction of sp³-hybridized carbons (Fsp3) is 0.846. The third kappa shape index (κ3) is 3.98. The highest BCUT2D eigenvalue weighted by Gasteiger charge is 2.37. The fourth-order valence-electron chi connectivity index (χ4n) is 2.43. The third-order valence-corrected chi connectivity index (χ3v) is 3.91. The first-order chi connectivity index (χ1) is 8.53. The van der Waals surface area contributed by atoms with Gasteiger partial charge >= 0.3 is 5.97 Å². The van der Waals surface area contributed by atoms with Gasteiger partial charge in [0.05, 0.1) is 5.92 Å². The molecule has 0 aliphatic heterocycles. The molecule has 104 valence electrons. The van der Waals surface area contributed by atoms with Crippen LogP contribution >= 0.6 is 0 Å². The van der Waals surface area contributed by atoms with Crippen LogP contribution in [0.4, 0.5) is 0 Å². The SMILES string of the molecule is CCCC(CNC(=O)CC1(CN)CCC1)C(=O)O. The first kappa shape index (κ1) is 15.0. The van der Waals surface area contributed by atoms with Crippen molar-refractivity contribution in [1.29, 1.82) is 0 Å². The van der Waals surface area contributed by atoms with Crippen molar-refractivity contribution in [2.75, 3.05) is 13.1 Å². The van der Waals surface area contributed by atoms with Crippen molar-refractivity contribution in [1.82, 2.24) is 5.32 Å². The van der Waals surface area contributed by atoms with Gasteiger partial charge in [-0.15, -0.1) is 0 Å². The van der Waals surface area contributed by atoms with Crippen LogP contribution in [0, 0.1) is 11.3 Å². The lowest BCUT2D eigenvalue weighted by Crippen LogP contribution is -2.43. The molecule has 1 fully saturated rings. The second-order valence-corrected chi connectivity index (χ2v) is 5.36. The molecule has 0 heterocycles. The minimum atomic E-state index is -0.839. The molecule has 0 aromatic rings. The summed E-state index contributed by atoms with van der Waals surface area (Å²) in [6, 6.07) is 0. The van der Waals surface area contributed by atoms with Gasteiger partial charge in [-0.25, -0.2) is 0 Å². The lowest BCUT2D eigenvalue weighted by molar-refractivity contribution is -0.142. The summed E-state index contributed by atoms with van der Waals surface area (Å²) in [7, 11) is 0. The first-order valence-electron chi connectivity index (χ1n) is 6.72. The van der Waals surface area contributed by atoms with Crippen LogP contribution in [0.5, 0.6) is 0 Å². The molecule has 0 bridgehead atoms. The lowest BCUT2D eigenvalue weighted by atomic mass is 9.66. The van der Waals surface area contributed by atoms with Crippen molar-refractivity contribution in [3.63, 3.8) is 0 Å². The van der Waals surface area contributed by atoms with Crippen LogP contribution in [-0.4, -0.2) is 30.1 Å². The molecule has 1 amide bonds. The Balaban J connectivity index is 2.33. The van der Waals surface area contributed by atoms with E-state index in [4.69, 9.17) is 10.8 Å². The van der Waals surface area contributed by atoms with Crippen LogP contribution in [0.1, 0.15) is 45.4 Å². The number of aliphatic carboxylic acids is 1. The molecular formula is C13H24N2O3. The summed E-state index contributed by atoms with van der Waals surface area (Å²) in [6.07, 6.45) is 4.99. The summed E-state index contributed by atoms with van der Waals surface area (Å²) in [5, 5.41) is 11.7. The van der Waals surface area contributed by atoms with Gasteiger partial charge in [0.1, 0.15) is 0 Å². The summed E-state index contributed by atoms with van der Waals surface area (Å²) >= 11 is 0. The highest BCUT2D eigenvalue weighted by Crippen LogP contribution is 2.42. The second kappa shape index (κ2) is 6.73. The zero-order chi connectivity index (χ0) is 13.6. The van der Waals surface area contributed by atoms with Crippen molar-refractivity contribution in [3.8, 4) is 0 Å². The van der Waals surface area contributed by atoms with Gasteiger partial charge in [-0.3, -0.25) is 9.59 Å². The van der Waals surface area contributed by atoms with Gasteiger partial charge in [-0.2, -0.15) is 0 Å². The van der Waals surface area contributed by atoms with E-state index in [0.29, 0.717) is 19.4 Å². The molecule has 1 aliphatic carbocycles. The zero-order valence-corrected chi connectivity index (χ0v) is 11.1. The van der Waals surface area contributed by atoms with E-state index in [2.05, 4.69) is 5.32 Å². The van der Waals surface area contributed by atoms with Gasteiger partial charge in [-0.1, -0.05) is 19.8 Å². The van der Waals surface area contributed by atoms with Gasteiger partial charge < -0.3 is 16.2 Å². The van der Waals surface area contributed by atoms with Gasteiger partial charge in [0.15, 0.2) is 0 Å². The molecular weight excluding hydrogens is 232 g/mol. The smallest absolute Gasteiger partial charge is 0.308 e. The normalized spacial score (nSPS) is 18.8. The fourth-order valence-corrected chi connectivity index (χ4v) is 2.43. The maximum atomic E-state index is 11.8. The second-order valence-electron chi connectivity index (χ2n) is 5.36. The van der Waals surface area contributed by atoms with Crippen LogP contribution in [0.15, 0.2) is 0 Å². The molecule has 0 radical (unpaired) electrons. The highest BCUT2D eigenvalue weighted by molar-refractivity contribution is 5.78. The standard InChI is InChI=1S/C13H24N2O3/c1-2-4-10(12(17)18)8-15-11(16)7-13(9-14)5-3-6-13/h10H,2-9,14H2,1H3,(H,15,16)(H,17,18). The number of hydrogen-bond donors (Lipinski definition) is 3. The molecule has 5 nitrogen and oxygen atoms in total. The Hall–Kier alpha value is -1.10. The van der Waals surface area contributed by atoms with Crippen LogP contribution < -0.4 is 11.1 Å². The van der Waals surface area contributed by atoms with Crippen molar-refractivity contribution < 1.29 is 14.7 Å². The quantitative estimate of drug-likeness (QED) is 0.607. The third-order valence-electron chi connectivity index (χ3n) is 3.91. The van der Waals surface area contributed by atoms with Crippen LogP contribution in [0.3, 0.4) is 0 Å². The predicted octanol–water partition coefficient (Wildman–Crippen LogP) is 1.12. The molecule has 0 aromatic heterocycles. The summed E-state index contributed by atoms with van der Waals surface area (Å²) in [6.45, 7) is 2.70. The number of rotatable bonds is 8. The molecule has 0 aromatic carbocycles. The predicted molar refractivity (Wildman–Crippen MR) is 69.0 cm³/mol. The van der Waals surface area contributed by atoms with Gasteiger partial charge in [0.2, 0.25) is 5.91 Å². The molecule has 1 aliphatic rings. The number of carboxylic acids is 1. The maximum absolute atomic E-state index is 11.8. The largest absolute Gasteiger partial charge is 0.481 e. The van der Waals surface area contributed by atoms with Gasteiger partial charge in [0.25, 0.3) is 0 Å². The molecule has 18 heavy (non-hydrogen) atoms. The zero-order valence-electron chi connectivity index (χ0n) is 11.1. The number of hydrogen-bond acceptors (Lipinski definition) is 3. The Morgan fingerprint density at radius 2 is 2.11 bits per heavy atom. The number of carbonyl (C=O) groups excluding carboxylic acids is 1. The average Bonchev–Trinajstić information content (AvgIpc) is 2.28. The van der Waals surface area contributed by atoms with E-state index in [9.17, 15) is 9.59 Å². The minimum absolute atomic E-state index is 0.0203. The Morgan fingerprint density at radius 3 is 2.50 bits per heavy atom. The molecule has 5 heteroatoms. The van der Waals surface area contributed by atoms with Crippen molar-refractivity contribution in [2.45, 2.75) is 45.4 Å². The van der Waals surface area contributed by atoms with Crippen LogP contribution in [0.2, 0.25) is 0 Å². The van der Waals surface area contributed by atoms with Gasteiger partial charge in [-0.05, 0) is 31.2 Å². The number of nitrogens with one attached hydrogen (secondary N) is 1. The van der Waals surface area contributed by atoms with E-state index in [1.165, 1.54) is 0 Å².